The minimum absolute atomic E-state index is 0.188. The van der Waals surface area contributed by atoms with Crippen LogP contribution in [0.25, 0.3) is 10.9 Å². The smallest absolute Gasteiger partial charge is 0.107 e. The van der Waals surface area contributed by atoms with Gasteiger partial charge in [-0.15, -0.1) is 0 Å². The van der Waals surface area contributed by atoms with Crippen molar-refractivity contribution in [3.63, 3.8) is 0 Å². The SMILES string of the molecule is CC(C)N1CCOC(C(O)c2cccc3ncccc23)C1. The van der Waals surface area contributed by atoms with Crippen LogP contribution in [0.4, 0.5) is 0 Å². The van der Waals surface area contributed by atoms with Crippen LogP contribution in [0.15, 0.2) is 36.5 Å². The molecule has 1 fully saturated rings. The lowest BCUT2D eigenvalue weighted by atomic mass is 9.98. The number of nitrogens with zero attached hydrogens (tertiary/aromatic N) is 2. The summed E-state index contributed by atoms with van der Waals surface area (Å²) in [6, 6.07) is 10.2. The van der Waals surface area contributed by atoms with E-state index in [1.807, 2.05) is 30.3 Å². The van der Waals surface area contributed by atoms with Gasteiger partial charge in [0, 0.05) is 30.7 Å². The molecule has 0 bridgehead atoms. The first-order chi connectivity index (χ1) is 10.2. The van der Waals surface area contributed by atoms with Crippen molar-refractivity contribution in [2.75, 3.05) is 19.7 Å². The Kier molecular flexibility index (Phi) is 4.19. The van der Waals surface area contributed by atoms with Crippen molar-refractivity contribution in [2.24, 2.45) is 0 Å². The zero-order chi connectivity index (χ0) is 14.8. The number of fused-ring (bicyclic) bond motifs is 1. The molecule has 112 valence electrons. The summed E-state index contributed by atoms with van der Waals surface area (Å²) in [5.74, 6) is 0. The van der Waals surface area contributed by atoms with Crippen molar-refractivity contribution in [1.29, 1.82) is 0 Å². The van der Waals surface area contributed by atoms with Crippen molar-refractivity contribution in [3.8, 4) is 0 Å². The molecule has 2 atom stereocenters. The maximum absolute atomic E-state index is 10.8. The lowest BCUT2D eigenvalue weighted by Gasteiger charge is -2.37. The summed E-state index contributed by atoms with van der Waals surface area (Å²) < 4.78 is 5.81. The summed E-state index contributed by atoms with van der Waals surface area (Å²) in [5, 5.41) is 11.8. The maximum Gasteiger partial charge on any atom is 0.107 e. The van der Waals surface area contributed by atoms with Gasteiger partial charge >= 0.3 is 0 Å². The van der Waals surface area contributed by atoms with Gasteiger partial charge in [0.25, 0.3) is 0 Å². The summed E-state index contributed by atoms with van der Waals surface area (Å²) in [4.78, 5) is 6.70. The van der Waals surface area contributed by atoms with E-state index in [0.717, 1.165) is 29.6 Å². The minimum atomic E-state index is -0.626. The quantitative estimate of drug-likeness (QED) is 0.941. The van der Waals surface area contributed by atoms with E-state index in [4.69, 9.17) is 4.74 Å². The number of rotatable bonds is 3. The highest BCUT2D eigenvalue weighted by molar-refractivity contribution is 5.82. The number of aliphatic hydroxyl groups excluding tert-OH is 1. The van der Waals surface area contributed by atoms with Crippen molar-refractivity contribution in [3.05, 3.63) is 42.1 Å². The fourth-order valence-corrected chi connectivity index (χ4v) is 2.94. The molecule has 2 aromatic rings. The lowest BCUT2D eigenvalue weighted by Crippen LogP contribution is -2.47. The van der Waals surface area contributed by atoms with Crippen LogP contribution in [0, 0.1) is 0 Å². The fourth-order valence-electron chi connectivity index (χ4n) is 2.94. The molecule has 0 radical (unpaired) electrons. The second-order valence-electron chi connectivity index (χ2n) is 5.86. The Morgan fingerprint density at radius 2 is 2.14 bits per heavy atom. The number of hydrogen-bond donors (Lipinski definition) is 1. The van der Waals surface area contributed by atoms with Crippen LogP contribution in [-0.4, -0.2) is 46.8 Å². The van der Waals surface area contributed by atoms with Gasteiger partial charge in [0.2, 0.25) is 0 Å². The van der Waals surface area contributed by atoms with E-state index in [9.17, 15) is 5.11 Å². The van der Waals surface area contributed by atoms with Crippen LogP contribution in [0.3, 0.4) is 0 Å². The molecule has 0 aliphatic carbocycles. The van der Waals surface area contributed by atoms with Gasteiger partial charge in [0.05, 0.1) is 12.1 Å². The van der Waals surface area contributed by atoms with Crippen LogP contribution in [0.5, 0.6) is 0 Å². The van der Waals surface area contributed by atoms with E-state index < -0.39 is 6.10 Å². The molecule has 3 rings (SSSR count). The fraction of sp³-hybridized carbons (Fsp3) is 0.471. The molecule has 0 saturated carbocycles. The topological polar surface area (TPSA) is 45.6 Å². The first-order valence-electron chi connectivity index (χ1n) is 7.54. The molecule has 0 spiro atoms. The van der Waals surface area contributed by atoms with Gasteiger partial charge in [-0.3, -0.25) is 9.88 Å². The molecule has 1 aliphatic rings. The molecule has 4 heteroatoms. The number of aromatic nitrogens is 1. The van der Waals surface area contributed by atoms with Gasteiger partial charge in [-0.05, 0) is 31.5 Å². The van der Waals surface area contributed by atoms with E-state index in [2.05, 4.69) is 23.7 Å². The van der Waals surface area contributed by atoms with Gasteiger partial charge in [0.15, 0.2) is 0 Å². The van der Waals surface area contributed by atoms with E-state index in [1.165, 1.54) is 0 Å². The van der Waals surface area contributed by atoms with E-state index >= 15 is 0 Å². The number of ether oxygens (including phenoxy) is 1. The first kappa shape index (κ1) is 14.4. The summed E-state index contributed by atoms with van der Waals surface area (Å²) in [5.41, 5.74) is 1.81. The van der Waals surface area contributed by atoms with Gasteiger partial charge in [0.1, 0.15) is 12.2 Å². The largest absolute Gasteiger partial charge is 0.386 e. The molecule has 1 saturated heterocycles. The molecule has 4 nitrogen and oxygen atoms in total. The van der Waals surface area contributed by atoms with Crippen LogP contribution in [-0.2, 0) is 4.74 Å². The predicted molar refractivity (Wildman–Crippen MR) is 83.2 cm³/mol. The molecular formula is C17H22N2O2. The first-order valence-corrected chi connectivity index (χ1v) is 7.54. The van der Waals surface area contributed by atoms with Gasteiger partial charge < -0.3 is 9.84 Å². The Labute approximate surface area is 125 Å². The molecule has 21 heavy (non-hydrogen) atoms. The Hall–Kier alpha value is -1.49. The number of benzene rings is 1. The van der Waals surface area contributed by atoms with Gasteiger partial charge in [-0.1, -0.05) is 18.2 Å². The molecule has 1 aromatic heterocycles. The third-order valence-corrected chi connectivity index (χ3v) is 4.21. The normalized spacial score (nSPS) is 21.8. The zero-order valence-corrected chi connectivity index (χ0v) is 12.6. The van der Waals surface area contributed by atoms with Crippen molar-refractivity contribution in [2.45, 2.75) is 32.1 Å². The predicted octanol–water partition coefficient (Wildman–Crippen LogP) is 2.38. The van der Waals surface area contributed by atoms with E-state index in [0.29, 0.717) is 12.6 Å². The highest BCUT2D eigenvalue weighted by atomic mass is 16.5. The third kappa shape index (κ3) is 2.93. The van der Waals surface area contributed by atoms with Crippen LogP contribution >= 0.6 is 0 Å². The summed E-state index contributed by atoms with van der Waals surface area (Å²) in [7, 11) is 0. The Morgan fingerprint density at radius 1 is 1.29 bits per heavy atom. The zero-order valence-electron chi connectivity index (χ0n) is 12.6. The molecule has 2 unspecified atom stereocenters. The Balaban J connectivity index is 1.88. The van der Waals surface area contributed by atoms with Crippen LogP contribution in [0.2, 0.25) is 0 Å². The molecule has 1 aliphatic heterocycles. The number of aliphatic hydroxyl groups is 1. The number of hydrogen-bond acceptors (Lipinski definition) is 4. The monoisotopic (exact) mass is 286 g/mol. The average Bonchev–Trinajstić information content (AvgIpc) is 2.53. The Morgan fingerprint density at radius 3 is 2.95 bits per heavy atom. The third-order valence-electron chi connectivity index (χ3n) is 4.21. The highest BCUT2D eigenvalue weighted by Gasteiger charge is 2.29. The second kappa shape index (κ2) is 6.10. The lowest BCUT2D eigenvalue weighted by molar-refractivity contribution is -0.0957. The molecule has 2 heterocycles. The van der Waals surface area contributed by atoms with Crippen molar-refractivity contribution >= 4 is 10.9 Å². The highest BCUT2D eigenvalue weighted by Crippen LogP contribution is 2.28. The summed E-state index contributed by atoms with van der Waals surface area (Å²) >= 11 is 0. The summed E-state index contributed by atoms with van der Waals surface area (Å²) in [6.45, 7) is 6.71. The van der Waals surface area contributed by atoms with Crippen molar-refractivity contribution in [1.82, 2.24) is 9.88 Å². The Bertz CT molecular complexity index is 609. The van der Waals surface area contributed by atoms with Crippen LogP contribution < -0.4 is 0 Å². The molecule has 1 aromatic carbocycles. The van der Waals surface area contributed by atoms with E-state index in [1.54, 1.807) is 6.20 Å². The van der Waals surface area contributed by atoms with Gasteiger partial charge in [-0.25, -0.2) is 0 Å². The number of morpholine rings is 1. The standard InChI is InChI=1S/C17H22N2O2/c1-12(2)19-9-10-21-16(11-19)17(20)14-5-3-7-15-13(14)6-4-8-18-15/h3-8,12,16-17,20H,9-11H2,1-2H3. The minimum Gasteiger partial charge on any atom is -0.386 e. The summed E-state index contributed by atoms with van der Waals surface area (Å²) in [6.07, 6.45) is 0.960. The van der Waals surface area contributed by atoms with Crippen LogP contribution in [0.1, 0.15) is 25.5 Å². The van der Waals surface area contributed by atoms with Gasteiger partial charge in [-0.2, -0.15) is 0 Å². The number of pyridine rings is 1. The maximum atomic E-state index is 10.8. The molecular weight excluding hydrogens is 264 g/mol. The molecule has 0 amide bonds. The van der Waals surface area contributed by atoms with Crippen molar-refractivity contribution < 1.29 is 9.84 Å². The van der Waals surface area contributed by atoms with E-state index in [-0.39, 0.29) is 6.10 Å². The average molecular weight is 286 g/mol. The second-order valence-corrected chi connectivity index (χ2v) is 5.86. The molecule has 1 N–H and O–H groups in total.